The zero-order chi connectivity index (χ0) is 13.8. The summed E-state index contributed by atoms with van der Waals surface area (Å²) in [5.74, 6) is 2.52. The Labute approximate surface area is 111 Å². The third-order valence-electron chi connectivity index (χ3n) is 2.60. The van der Waals surface area contributed by atoms with Crippen molar-refractivity contribution in [3.8, 4) is 28.6 Å². The fourth-order valence-electron chi connectivity index (χ4n) is 1.72. The van der Waals surface area contributed by atoms with Crippen molar-refractivity contribution < 1.29 is 14.2 Å². The van der Waals surface area contributed by atoms with Gasteiger partial charge < -0.3 is 19.9 Å². The van der Waals surface area contributed by atoms with Crippen molar-refractivity contribution in [1.82, 2.24) is 9.97 Å². The lowest BCUT2D eigenvalue weighted by Gasteiger charge is -2.13. The van der Waals surface area contributed by atoms with E-state index in [-0.39, 0.29) is 0 Å². The highest BCUT2D eigenvalue weighted by atomic mass is 16.5. The van der Waals surface area contributed by atoms with E-state index in [1.807, 2.05) is 0 Å². The average Bonchev–Trinajstić information content (AvgIpc) is 2.45. The molecular formula is C13H15N3O3. The first-order valence-electron chi connectivity index (χ1n) is 5.58. The highest BCUT2D eigenvalue weighted by molar-refractivity contribution is 5.67. The molecule has 0 aliphatic carbocycles. The summed E-state index contributed by atoms with van der Waals surface area (Å²) in [5, 5.41) is 0. The Balaban J connectivity index is 2.59. The summed E-state index contributed by atoms with van der Waals surface area (Å²) in [5.41, 5.74) is 6.39. The van der Waals surface area contributed by atoms with Gasteiger partial charge in [-0.1, -0.05) is 0 Å². The van der Waals surface area contributed by atoms with E-state index in [9.17, 15) is 0 Å². The summed E-state index contributed by atoms with van der Waals surface area (Å²) < 4.78 is 15.8. The van der Waals surface area contributed by atoms with E-state index in [0.717, 1.165) is 5.56 Å². The standard InChI is InChI=1S/C13H15N3O3/c1-17-9-6-8(7-10(18-2)12(9)19-3)13-15-5-4-11(14)16-13/h4-7H,1-3H3,(H2,14,15,16). The predicted octanol–water partition coefficient (Wildman–Crippen LogP) is 1.75. The normalized spacial score (nSPS) is 10.1. The fraction of sp³-hybridized carbons (Fsp3) is 0.231. The molecule has 0 unspecified atom stereocenters. The SMILES string of the molecule is COc1cc(-c2nccc(N)n2)cc(OC)c1OC. The molecule has 2 aromatic rings. The smallest absolute Gasteiger partial charge is 0.203 e. The summed E-state index contributed by atoms with van der Waals surface area (Å²) in [7, 11) is 4.67. The number of anilines is 1. The Morgan fingerprint density at radius 2 is 1.63 bits per heavy atom. The Kier molecular flexibility index (Phi) is 3.70. The minimum atomic E-state index is 0.402. The van der Waals surface area contributed by atoms with Gasteiger partial charge in [-0.2, -0.15) is 0 Å². The number of hydrogen-bond donors (Lipinski definition) is 1. The number of nitrogens with two attached hydrogens (primary N) is 1. The van der Waals surface area contributed by atoms with E-state index in [1.165, 1.54) is 0 Å². The average molecular weight is 261 g/mol. The summed E-state index contributed by atoms with van der Waals surface area (Å²) in [6.07, 6.45) is 1.60. The van der Waals surface area contributed by atoms with Crippen LogP contribution in [0.3, 0.4) is 0 Å². The number of aromatic nitrogens is 2. The lowest BCUT2D eigenvalue weighted by atomic mass is 10.1. The van der Waals surface area contributed by atoms with Gasteiger partial charge in [-0.25, -0.2) is 9.97 Å². The molecule has 6 heteroatoms. The van der Waals surface area contributed by atoms with Gasteiger partial charge in [-0.05, 0) is 18.2 Å². The zero-order valence-corrected chi connectivity index (χ0v) is 11.0. The number of nitrogens with zero attached hydrogens (tertiary/aromatic N) is 2. The lowest BCUT2D eigenvalue weighted by molar-refractivity contribution is 0.324. The Bertz CT molecular complexity index is 562. The van der Waals surface area contributed by atoms with Crippen LogP contribution in [0.1, 0.15) is 0 Å². The Morgan fingerprint density at radius 3 is 2.11 bits per heavy atom. The molecule has 2 rings (SSSR count). The molecule has 0 saturated carbocycles. The molecule has 1 heterocycles. The fourth-order valence-corrected chi connectivity index (χ4v) is 1.72. The molecule has 1 aromatic carbocycles. The van der Waals surface area contributed by atoms with Gasteiger partial charge in [-0.3, -0.25) is 0 Å². The molecular weight excluding hydrogens is 246 g/mol. The molecule has 0 saturated heterocycles. The number of ether oxygens (including phenoxy) is 3. The molecule has 6 nitrogen and oxygen atoms in total. The second-order valence-electron chi connectivity index (χ2n) is 3.72. The van der Waals surface area contributed by atoms with E-state index in [1.54, 1.807) is 45.7 Å². The Morgan fingerprint density at radius 1 is 1.00 bits per heavy atom. The summed E-state index contributed by atoms with van der Waals surface area (Å²) in [6, 6.07) is 5.17. The van der Waals surface area contributed by atoms with Crippen LogP contribution >= 0.6 is 0 Å². The van der Waals surface area contributed by atoms with Crippen LogP contribution in [0.2, 0.25) is 0 Å². The molecule has 0 atom stereocenters. The van der Waals surface area contributed by atoms with Crippen molar-refractivity contribution in [2.24, 2.45) is 0 Å². The van der Waals surface area contributed by atoms with Crippen molar-refractivity contribution in [3.63, 3.8) is 0 Å². The second-order valence-corrected chi connectivity index (χ2v) is 3.72. The Hall–Kier alpha value is -2.50. The molecule has 0 aliphatic heterocycles. The zero-order valence-electron chi connectivity index (χ0n) is 11.0. The van der Waals surface area contributed by atoms with Crippen LogP contribution in [0.5, 0.6) is 17.2 Å². The van der Waals surface area contributed by atoms with Crippen LogP contribution in [0.25, 0.3) is 11.4 Å². The maximum absolute atomic E-state index is 5.65. The maximum Gasteiger partial charge on any atom is 0.203 e. The highest BCUT2D eigenvalue weighted by Crippen LogP contribution is 2.40. The largest absolute Gasteiger partial charge is 0.493 e. The molecule has 2 N–H and O–H groups in total. The minimum absolute atomic E-state index is 0.402. The molecule has 19 heavy (non-hydrogen) atoms. The second kappa shape index (κ2) is 5.43. The van der Waals surface area contributed by atoms with Gasteiger partial charge >= 0.3 is 0 Å². The van der Waals surface area contributed by atoms with Gasteiger partial charge in [0.15, 0.2) is 17.3 Å². The van der Waals surface area contributed by atoms with Crippen molar-refractivity contribution in [1.29, 1.82) is 0 Å². The predicted molar refractivity (Wildman–Crippen MR) is 71.5 cm³/mol. The summed E-state index contributed by atoms with van der Waals surface area (Å²) in [6.45, 7) is 0. The topological polar surface area (TPSA) is 79.5 Å². The molecule has 0 fully saturated rings. The van der Waals surface area contributed by atoms with Gasteiger partial charge in [0.2, 0.25) is 5.75 Å². The maximum atomic E-state index is 5.65. The highest BCUT2D eigenvalue weighted by Gasteiger charge is 2.15. The van der Waals surface area contributed by atoms with Gasteiger partial charge in [0.05, 0.1) is 21.3 Å². The molecule has 0 aliphatic rings. The van der Waals surface area contributed by atoms with Crippen LogP contribution < -0.4 is 19.9 Å². The molecule has 0 bridgehead atoms. The number of hydrogen-bond acceptors (Lipinski definition) is 6. The molecule has 0 radical (unpaired) electrons. The van der Waals surface area contributed by atoms with Crippen molar-refractivity contribution in [2.75, 3.05) is 27.1 Å². The minimum Gasteiger partial charge on any atom is -0.493 e. The molecule has 0 amide bonds. The number of benzene rings is 1. The molecule has 100 valence electrons. The van der Waals surface area contributed by atoms with E-state index in [4.69, 9.17) is 19.9 Å². The van der Waals surface area contributed by atoms with E-state index >= 15 is 0 Å². The first kappa shape index (κ1) is 12.9. The third kappa shape index (κ3) is 2.52. The quantitative estimate of drug-likeness (QED) is 0.903. The third-order valence-corrected chi connectivity index (χ3v) is 2.60. The van der Waals surface area contributed by atoms with Crippen LogP contribution in [-0.2, 0) is 0 Å². The lowest BCUT2D eigenvalue weighted by Crippen LogP contribution is -1.98. The van der Waals surface area contributed by atoms with Crippen molar-refractivity contribution >= 4 is 5.82 Å². The van der Waals surface area contributed by atoms with Crippen LogP contribution in [0, 0.1) is 0 Å². The monoisotopic (exact) mass is 261 g/mol. The summed E-state index contributed by atoms with van der Waals surface area (Å²) in [4.78, 5) is 8.34. The van der Waals surface area contributed by atoms with Crippen LogP contribution in [0.15, 0.2) is 24.4 Å². The van der Waals surface area contributed by atoms with Gasteiger partial charge in [0, 0.05) is 11.8 Å². The van der Waals surface area contributed by atoms with Crippen molar-refractivity contribution in [3.05, 3.63) is 24.4 Å². The number of rotatable bonds is 4. The van der Waals surface area contributed by atoms with Gasteiger partial charge in [0.25, 0.3) is 0 Å². The molecule has 1 aromatic heterocycles. The van der Waals surface area contributed by atoms with Crippen LogP contribution in [-0.4, -0.2) is 31.3 Å². The van der Waals surface area contributed by atoms with Crippen molar-refractivity contribution in [2.45, 2.75) is 0 Å². The first-order chi connectivity index (χ1) is 9.19. The summed E-state index contributed by atoms with van der Waals surface area (Å²) >= 11 is 0. The van der Waals surface area contributed by atoms with Gasteiger partial charge in [0.1, 0.15) is 5.82 Å². The van der Waals surface area contributed by atoms with Crippen LogP contribution in [0.4, 0.5) is 5.82 Å². The first-order valence-corrected chi connectivity index (χ1v) is 5.58. The molecule has 0 spiro atoms. The van der Waals surface area contributed by atoms with Gasteiger partial charge in [-0.15, -0.1) is 0 Å². The number of nitrogen functional groups attached to an aromatic ring is 1. The van der Waals surface area contributed by atoms with E-state index in [0.29, 0.717) is 28.9 Å². The van der Waals surface area contributed by atoms with E-state index < -0.39 is 0 Å². The number of methoxy groups -OCH3 is 3. The van der Waals surface area contributed by atoms with E-state index in [2.05, 4.69) is 9.97 Å².